The molecule has 0 aliphatic heterocycles. The molecule has 1 saturated carbocycles. The average Bonchev–Trinajstić information content (AvgIpc) is 2.16. The van der Waals surface area contributed by atoms with Gasteiger partial charge in [0.15, 0.2) is 0 Å². The fourth-order valence-electron chi connectivity index (χ4n) is 2.12. The van der Waals surface area contributed by atoms with Crippen LogP contribution in [0.5, 0.6) is 0 Å². The molecule has 0 spiro atoms. The molecule has 0 unspecified atom stereocenters. The lowest BCUT2D eigenvalue weighted by Gasteiger charge is -2.22. The third-order valence-corrected chi connectivity index (χ3v) is 3.70. The molecule has 0 heterocycles. The van der Waals surface area contributed by atoms with Crippen LogP contribution in [0.4, 0.5) is 4.39 Å². The number of nitrogens with one attached hydrogen (secondary N) is 1. The van der Waals surface area contributed by atoms with Crippen LogP contribution in [-0.2, 0) is 10.1 Å². The van der Waals surface area contributed by atoms with Crippen LogP contribution in [0.1, 0.15) is 32.1 Å². The summed E-state index contributed by atoms with van der Waals surface area (Å²) in [5, 5.41) is 2.93. The maximum absolute atomic E-state index is 13.1. The third kappa shape index (κ3) is 6.40. The summed E-state index contributed by atoms with van der Waals surface area (Å²) in [5.41, 5.74) is 0. The summed E-state index contributed by atoms with van der Waals surface area (Å²) in [4.78, 5) is 0. The first-order valence-electron chi connectivity index (χ1n) is 5.77. The van der Waals surface area contributed by atoms with E-state index in [9.17, 15) is 12.8 Å². The summed E-state index contributed by atoms with van der Waals surface area (Å²) in [6, 6.07) is 0. The zero-order valence-corrected chi connectivity index (χ0v) is 10.2. The van der Waals surface area contributed by atoms with Gasteiger partial charge in [0, 0.05) is 6.54 Å². The lowest BCUT2D eigenvalue weighted by Crippen LogP contribution is -2.33. The van der Waals surface area contributed by atoms with E-state index in [1.807, 2.05) is 0 Å². The molecule has 2 N–H and O–H groups in total. The van der Waals surface area contributed by atoms with Crippen LogP contribution in [0.3, 0.4) is 0 Å². The van der Waals surface area contributed by atoms with Crippen molar-refractivity contribution in [2.45, 2.75) is 38.3 Å². The molecular formula is C10H20FNO3S. The van der Waals surface area contributed by atoms with Gasteiger partial charge >= 0.3 is 0 Å². The summed E-state index contributed by atoms with van der Waals surface area (Å²) in [6.45, 7) is 0.738. The molecule has 1 fully saturated rings. The van der Waals surface area contributed by atoms with Gasteiger partial charge in [0.1, 0.15) is 11.9 Å². The van der Waals surface area contributed by atoms with E-state index in [2.05, 4.69) is 5.32 Å². The molecule has 1 rings (SSSR count). The Morgan fingerprint density at radius 2 is 1.94 bits per heavy atom. The summed E-state index contributed by atoms with van der Waals surface area (Å²) in [5.74, 6) is -0.225. The number of rotatable bonds is 6. The van der Waals surface area contributed by atoms with Crippen molar-refractivity contribution in [1.29, 1.82) is 0 Å². The molecule has 4 nitrogen and oxygen atoms in total. The van der Waals surface area contributed by atoms with Crippen molar-refractivity contribution >= 4 is 10.1 Å². The molecule has 0 radical (unpaired) electrons. The first-order valence-corrected chi connectivity index (χ1v) is 7.38. The monoisotopic (exact) mass is 253 g/mol. The second-order valence-corrected chi connectivity index (χ2v) is 6.01. The Labute approximate surface area is 96.4 Å². The van der Waals surface area contributed by atoms with Gasteiger partial charge in [0.2, 0.25) is 0 Å². The predicted octanol–water partition coefficient (Wildman–Crippen LogP) is 1.38. The van der Waals surface area contributed by atoms with Crippen molar-refractivity contribution in [2.75, 3.05) is 18.8 Å². The van der Waals surface area contributed by atoms with Crippen LogP contribution in [-0.4, -0.2) is 38.0 Å². The fourth-order valence-corrected chi connectivity index (χ4v) is 2.70. The highest BCUT2D eigenvalue weighted by molar-refractivity contribution is 7.85. The van der Waals surface area contributed by atoms with Gasteiger partial charge in [-0.2, -0.15) is 8.42 Å². The van der Waals surface area contributed by atoms with E-state index in [4.69, 9.17) is 4.55 Å². The molecule has 0 saturated heterocycles. The Bertz CT molecular complexity index is 288. The maximum atomic E-state index is 13.1. The Kier molecular flexibility index (Phi) is 5.64. The lowest BCUT2D eigenvalue weighted by atomic mass is 9.89. The Hall–Kier alpha value is -0.200. The SMILES string of the molecule is O=S(=O)(O)C[C@H](F)CNCC1CCCCC1. The minimum absolute atomic E-state index is 0.00368. The molecule has 6 heteroatoms. The van der Waals surface area contributed by atoms with Gasteiger partial charge in [-0.25, -0.2) is 4.39 Å². The van der Waals surface area contributed by atoms with Gasteiger partial charge in [-0.3, -0.25) is 4.55 Å². The predicted molar refractivity (Wildman–Crippen MR) is 60.8 cm³/mol. The van der Waals surface area contributed by atoms with E-state index in [0.717, 1.165) is 6.54 Å². The van der Waals surface area contributed by atoms with Gasteiger partial charge in [0.05, 0.1) is 0 Å². The van der Waals surface area contributed by atoms with Crippen molar-refractivity contribution in [3.05, 3.63) is 0 Å². The zero-order chi connectivity index (χ0) is 12.0. The molecular weight excluding hydrogens is 233 g/mol. The molecule has 0 aromatic carbocycles. The number of hydrogen-bond acceptors (Lipinski definition) is 3. The van der Waals surface area contributed by atoms with E-state index >= 15 is 0 Å². The standard InChI is InChI=1S/C10H20FNO3S/c11-10(8-16(13,14)15)7-12-6-9-4-2-1-3-5-9/h9-10,12H,1-8H2,(H,13,14,15)/t10-/m1/s1. The summed E-state index contributed by atoms with van der Waals surface area (Å²) >= 11 is 0. The molecule has 1 atom stereocenters. The van der Waals surface area contributed by atoms with Crippen molar-refractivity contribution in [3.8, 4) is 0 Å². The molecule has 0 bridgehead atoms. The molecule has 1 aliphatic carbocycles. The minimum atomic E-state index is -4.19. The molecule has 1 aliphatic rings. The summed E-state index contributed by atoms with van der Waals surface area (Å²) in [7, 11) is -4.19. The van der Waals surface area contributed by atoms with E-state index < -0.39 is 22.0 Å². The minimum Gasteiger partial charge on any atom is -0.314 e. The van der Waals surface area contributed by atoms with Gasteiger partial charge in [-0.05, 0) is 25.3 Å². The van der Waals surface area contributed by atoms with Crippen LogP contribution < -0.4 is 5.32 Å². The summed E-state index contributed by atoms with van der Waals surface area (Å²) in [6.07, 6.45) is 4.56. The second-order valence-electron chi connectivity index (χ2n) is 4.51. The first kappa shape index (κ1) is 13.9. The van der Waals surface area contributed by atoms with Crippen LogP contribution in [0.2, 0.25) is 0 Å². The van der Waals surface area contributed by atoms with Gasteiger partial charge < -0.3 is 5.32 Å². The fraction of sp³-hybridized carbons (Fsp3) is 1.00. The first-order chi connectivity index (χ1) is 7.47. The van der Waals surface area contributed by atoms with E-state index in [1.165, 1.54) is 32.1 Å². The zero-order valence-electron chi connectivity index (χ0n) is 9.36. The van der Waals surface area contributed by atoms with Crippen LogP contribution in [0.25, 0.3) is 0 Å². The second kappa shape index (κ2) is 6.51. The largest absolute Gasteiger partial charge is 0.314 e. The molecule has 0 aromatic rings. The van der Waals surface area contributed by atoms with Gasteiger partial charge in [-0.15, -0.1) is 0 Å². The van der Waals surface area contributed by atoms with Gasteiger partial charge in [0.25, 0.3) is 10.1 Å². The number of alkyl halides is 1. The third-order valence-electron chi connectivity index (χ3n) is 2.92. The average molecular weight is 253 g/mol. The Morgan fingerprint density at radius 1 is 1.31 bits per heavy atom. The maximum Gasteiger partial charge on any atom is 0.267 e. The normalized spacial score (nSPS) is 20.9. The number of hydrogen-bond donors (Lipinski definition) is 2. The quantitative estimate of drug-likeness (QED) is 0.702. The number of halogens is 1. The topological polar surface area (TPSA) is 66.4 Å². The van der Waals surface area contributed by atoms with Gasteiger partial charge in [-0.1, -0.05) is 19.3 Å². The van der Waals surface area contributed by atoms with Crippen LogP contribution in [0.15, 0.2) is 0 Å². The smallest absolute Gasteiger partial charge is 0.267 e. The van der Waals surface area contributed by atoms with Crippen molar-refractivity contribution in [1.82, 2.24) is 5.32 Å². The van der Waals surface area contributed by atoms with E-state index in [0.29, 0.717) is 5.92 Å². The van der Waals surface area contributed by atoms with Crippen LogP contribution in [0, 0.1) is 5.92 Å². The van der Waals surface area contributed by atoms with E-state index in [-0.39, 0.29) is 6.54 Å². The molecule has 96 valence electrons. The van der Waals surface area contributed by atoms with Crippen molar-refractivity contribution in [3.63, 3.8) is 0 Å². The Morgan fingerprint density at radius 3 is 2.50 bits per heavy atom. The highest BCUT2D eigenvalue weighted by Gasteiger charge is 2.17. The highest BCUT2D eigenvalue weighted by atomic mass is 32.2. The molecule has 16 heavy (non-hydrogen) atoms. The highest BCUT2D eigenvalue weighted by Crippen LogP contribution is 2.22. The Balaban J connectivity index is 2.10. The summed E-state index contributed by atoms with van der Waals surface area (Å²) < 4.78 is 42.3. The van der Waals surface area contributed by atoms with E-state index in [1.54, 1.807) is 0 Å². The molecule has 0 amide bonds. The van der Waals surface area contributed by atoms with Crippen LogP contribution >= 0.6 is 0 Å². The lowest BCUT2D eigenvalue weighted by molar-refractivity contribution is 0.303. The molecule has 0 aromatic heterocycles. The van der Waals surface area contributed by atoms with Crippen molar-refractivity contribution < 1.29 is 17.4 Å². The van der Waals surface area contributed by atoms with Crippen molar-refractivity contribution in [2.24, 2.45) is 5.92 Å².